The van der Waals surface area contributed by atoms with Crippen LogP contribution in [0.2, 0.25) is 0 Å². The van der Waals surface area contributed by atoms with Crippen molar-refractivity contribution in [3.05, 3.63) is 47.8 Å². The first-order valence-electron chi connectivity index (χ1n) is 5.53. The van der Waals surface area contributed by atoms with Gasteiger partial charge in [0, 0.05) is 16.8 Å². The molecule has 0 amide bonds. The number of benzene rings is 2. The fourth-order valence-corrected chi connectivity index (χ4v) is 2.06. The van der Waals surface area contributed by atoms with E-state index in [0.717, 1.165) is 16.3 Å². The molecule has 17 heavy (non-hydrogen) atoms. The highest BCUT2D eigenvalue weighted by Gasteiger charge is 2.11. The van der Waals surface area contributed by atoms with Crippen molar-refractivity contribution in [3.8, 4) is 0 Å². The van der Waals surface area contributed by atoms with Gasteiger partial charge in [-0.25, -0.2) is 4.39 Å². The van der Waals surface area contributed by atoms with E-state index in [1.54, 1.807) is 6.07 Å². The largest absolute Gasteiger partial charge is 0.453 e. The third kappa shape index (κ3) is 1.51. The lowest BCUT2D eigenvalue weighted by Crippen LogP contribution is -2.04. The molecule has 86 valence electrons. The lowest BCUT2D eigenvalue weighted by Gasteiger charge is -2.04. The second kappa shape index (κ2) is 3.57. The Balaban J connectivity index is 2.42. The summed E-state index contributed by atoms with van der Waals surface area (Å²) in [4.78, 5) is 0. The average Bonchev–Trinajstić information content (AvgIpc) is 2.68. The second-order valence-corrected chi connectivity index (χ2v) is 4.26. The number of nitrogens with two attached hydrogens (primary N) is 1. The minimum absolute atomic E-state index is 0.0436. The molecule has 0 radical (unpaired) electrons. The highest BCUT2D eigenvalue weighted by Crippen LogP contribution is 2.31. The molecule has 0 aliphatic rings. The van der Waals surface area contributed by atoms with Crippen LogP contribution in [0, 0.1) is 5.82 Å². The maximum absolute atomic E-state index is 13.6. The molecule has 0 spiro atoms. The number of furan rings is 1. The molecular weight excluding hydrogens is 217 g/mol. The molecule has 1 aromatic heterocycles. The second-order valence-electron chi connectivity index (χ2n) is 4.26. The smallest absolute Gasteiger partial charge is 0.171 e. The molecule has 0 aliphatic heterocycles. The Morgan fingerprint density at radius 1 is 1.18 bits per heavy atom. The van der Waals surface area contributed by atoms with Crippen LogP contribution < -0.4 is 5.73 Å². The number of fused-ring (bicyclic) bond motifs is 3. The third-order valence-corrected chi connectivity index (χ3v) is 3.00. The number of hydrogen-bond donors (Lipinski definition) is 1. The zero-order valence-electron chi connectivity index (χ0n) is 9.41. The Hall–Kier alpha value is -1.87. The quantitative estimate of drug-likeness (QED) is 0.690. The van der Waals surface area contributed by atoms with Gasteiger partial charge in [0.15, 0.2) is 11.4 Å². The summed E-state index contributed by atoms with van der Waals surface area (Å²) < 4.78 is 19.1. The van der Waals surface area contributed by atoms with Crippen molar-refractivity contribution in [2.24, 2.45) is 5.73 Å². The van der Waals surface area contributed by atoms with E-state index in [1.807, 2.05) is 31.2 Å². The van der Waals surface area contributed by atoms with Gasteiger partial charge >= 0.3 is 0 Å². The van der Waals surface area contributed by atoms with Crippen molar-refractivity contribution in [1.82, 2.24) is 0 Å². The van der Waals surface area contributed by atoms with Gasteiger partial charge in [0.2, 0.25) is 0 Å². The Morgan fingerprint density at radius 2 is 2.00 bits per heavy atom. The highest BCUT2D eigenvalue weighted by atomic mass is 19.1. The summed E-state index contributed by atoms with van der Waals surface area (Å²) in [5.74, 6) is -0.332. The highest BCUT2D eigenvalue weighted by molar-refractivity contribution is 6.05. The topological polar surface area (TPSA) is 39.2 Å². The number of hydrogen-bond acceptors (Lipinski definition) is 2. The van der Waals surface area contributed by atoms with E-state index >= 15 is 0 Å². The molecule has 1 atom stereocenters. The Morgan fingerprint density at radius 3 is 2.76 bits per heavy atom. The van der Waals surface area contributed by atoms with Crippen LogP contribution in [0.15, 0.2) is 40.8 Å². The molecular formula is C14H12FNO. The monoisotopic (exact) mass is 229 g/mol. The van der Waals surface area contributed by atoms with Crippen molar-refractivity contribution < 1.29 is 8.81 Å². The third-order valence-electron chi connectivity index (χ3n) is 3.00. The Kier molecular flexibility index (Phi) is 2.16. The van der Waals surface area contributed by atoms with Gasteiger partial charge < -0.3 is 10.2 Å². The summed E-state index contributed by atoms with van der Waals surface area (Å²) in [6.45, 7) is 1.92. The Labute approximate surface area is 97.8 Å². The van der Waals surface area contributed by atoms with E-state index in [0.29, 0.717) is 11.2 Å². The summed E-state index contributed by atoms with van der Waals surface area (Å²) >= 11 is 0. The molecule has 3 heteroatoms. The first-order valence-corrected chi connectivity index (χ1v) is 5.53. The van der Waals surface area contributed by atoms with E-state index in [4.69, 9.17) is 10.2 Å². The maximum Gasteiger partial charge on any atom is 0.171 e. The first kappa shape index (κ1) is 10.3. The first-order chi connectivity index (χ1) is 8.16. The van der Waals surface area contributed by atoms with Gasteiger partial charge in [-0.3, -0.25) is 0 Å². The van der Waals surface area contributed by atoms with E-state index < -0.39 is 0 Å². The lowest BCUT2D eigenvalue weighted by molar-refractivity contribution is 0.584. The summed E-state index contributed by atoms with van der Waals surface area (Å²) in [5.41, 5.74) is 7.86. The van der Waals surface area contributed by atoms with Crippen molar-refractivity contribution in [1.29, 1.82) is 0 Å². The van der Waals surface area contributed by atoms with Crippen LogP contribution in [-0.2, 0) is 0 Å². The van der Waals surface area contributed by atoms with Crippen molar-refractivity contribution in [2.75, 3.05) is 0 Å². The van der Waals surface area contributed by atoms with E-state index in [2.05, 4.69) is 0 Å². The maximum atomic E-state index is 13.6. The zero-order chi connectivity index (χ0) is 12.0. The summed E-state index contributed by atoms with van der Waals surface area (Å²) in [5, 5.41) is 1.71. The molecule has 2 N–H and O–H groups in total. The van der Waals surface area contributed by atoms with Crippen molar-refractivity contribution >= 4 is 21.9 Å². The van der Waals surface area contributed by atoms with Gasteiger partial charge in [0.25, 0.3) is 0 Å². The number of rotatable bonds is 1. The van der Waals surface area contributed by atoms with Gasteiger partial charge in [0.1, 0.15) is 5.58 Å². The normalized spacial score (nSPS) is 13.4. The van der Waals surface area contributed by atoms with Crippen molar-refractivity contribution in [2.45, 2.75) is 13.0 Å². The van der Waals surface area contributed by atoms with Gasteiger partial charge in [-0.05, 0) is 30.7 Å². The molecule has 1 heterocycles. The van der Waals surface area contributed by atoms with Crippen LogP contribution >= 0.6 is 0 Å². The average molecular weight is 229 g/mol. The molecule has 2 nitrogen and oxygen atoms in total. The predicted octanol–water partition coefficient (Wildman–Crippen LogP) is 3.74. The molecule has 0 aliphatic carbocycles. The van der Waals surface area contributed by atoms with Crippen LogP contribution in [0.3, 0.4) is 0 Å². The molecule has 0 bridgehead atoms. The molecule has 3 rings (SSSR count). The SMILES string of the molecule is C[C@@H](N)c1ccc2oc3c(F)cccc3c2c1. The van der Waals surface area contributed by atoms with Crippen LogP contribution in [0.25, 0.3) is 21.9 Å². The molecule has 0 unspecified atom stereocenters. The van der Waals surface area contributed by atoms with Gasteiger partial charge in [-0.15, -0.1) is 0 Å². The summed E-state index contributed by atoms with van der Waals surface area (Å²) in [6, 6.07) is 10.6. The van der Waals surface area contributed by atoms with Gasteiger partial charge in [-0.2, -0.15) is 0 Å². The Bertz CT molecular complexity index is 700. The molecule has 0 saturated carbocycles. The van der Waals surface area contributed by atoms with Gasteiger partial charge in [-0.1, -0.05) is 18.2 Å². The van der Waals surface area contributed by atoms with E-state index in [9.17, 15) is 4.39 Å². The summed E-state index contributed by atoms with van der Waals surface area (Å²) in [7, 11) is 0. The standard InChI is InChI=1S/C14H12FNO/c1-8(16)9-5-6-13-11(7-9)10-3-2-4-12(15)14(10)17-13/h2-8H,16H2,1H3/t8-/m1/s1. The predicted molar refractivity (Wildman–Crippen MR) is 66.3 cm³/mol. The number of halogens is 1. The fraction of sp³-hybridized carbons (Fsp3) is 0.143. The molecule has 3 aromatic rings. The lowest BCUT2D eigenvalue weighted by atomic mass is 10.1. The minimum atomic E-state index is -0.332. The molecule has 0 saturated heterocycles. The summed E-state index contributed by atoms with van der Waals surface area (Å²) in [6.07, 6.45) is 0. The van der Waals surface area contributed by atoms with E-state index in [1.165, 1.54) is 6.07 Å². The molecule has 2 aromatic carbocycles. The number of para-hydroxylation sites is 1. The van der Waals surface area contributed by atoms with Gasteiger partial charge in [0.05, 0.1) is 0 Å². The zero-order valence-corrected chi connectivity index (χ0v) is 9.41. The van der Waals surface area contributed by atoms with Crippen LogP contribution in [-0.4, -0.2) is 0 Å². The van der Waals surface area contributed by atoms with E-state index in [-0.39, 0.29) is 11.9 Å². The van der Waals surface area contributed by atoms with Crippen molar-refractivity contribution in [3.63, 3.8) is 0 Å². The van der Waals surface area contributed by atoms with Crippen LogP contribution in [0.5, 0.6) is 0 Å². The van der Waals surface area contributed by atoms with Crippen LogP contribution in [0.1, 0.15) is 18.5 Å². The molecule has 0 fully saturated rings. The fourth-order valence-electron chi connectivity index (χ4n) is 2.06. The minimum Gasteiger partial charge on any atom is -0.453 e. The van der Waals surface area contributed by atoms with Crippen LogP contribution in [0.4, 0.5) is 4.39 Å².